The minimum absolute atomic E-state index is 0.201. The summed E-state index contributed by atoms with van der Waals surface area (Å²) in [5, 5.41) is 10.3. The van der Waals surface area contributed by atoms with E-state index in [9.17, 15) is 0 Å². The molecule has 0 aliphatic heterocycles. The predicted molar refractivity (Wildman–Crippen MR) is 85.1 cm³/mol. The lowest BCUT2D eigenvalue weighted by molar-refractivity contribution is 0.831. The molecule has 1 unspecified atom stereocenters. The number of benzene rings is 1. The Morgan fingerprint density at radius 1 is 1.05 bits per heavy atom. The van der Waals surface area contributed by atoms with Crippen LogP contribution in [-0.4, -0.2) is 10.2 Å². The van der Waals surface area contributed by atoms with Crippen molar-refractivity contribution in [3.05, 3.63) is 57.9 Å². The number of hydrogen-bond acceptors (Lipinski definition) is 5. The molecule has 0 fully saturated rings. The van der Waals surface area contributed by atoms with Gasteiger partial charge in [0.05, 0.1) is 10.9 Å². The Morgan fingerprint density at radius 2 is 1.85 bits per heavy atom. The van der Waals surface area contributed by atoms with Gasteiger partial charge in [0.1, 0.15) is 5.01 Å². The molecule has 3 rings (SSSR count). The summed E-state index contributed by atoms with van der Waals surface area (Å²) in [6.07, 6.45) is 1.06. The summed E-state index contributed by atoms with van der Waals surface area (Å²) in [6, 6.07) is 14.1. The summed E-state index contributed by atoms with van der Waals surface area (Å²) in [4.78, 5) is 2.54. The van der Waals surface area contributed by atoms with Crippen molar-refractivity contribution in [1.29, 1.82) is 0 Å². The molecule has 0 aliphatic rings. The highest BCUT2D eigenvalue weighted by molar-refractivity contribution is 7.21. The Hall–Kier alpha value is -1.56. The van der Waals surface area contributed by atoms with Gasteiger partial charge in [0, 0.05) is 4.88 Å². The molecule has 2 N–H and O–H groups in total. The topological polar surface area (TPSA) is 51.8 Å². The van der Waals surface area contributed by atoms with E-state index in [1.54, 1.807) is 22.7 Å². The maximum atomic E-state index is 6.25. The van der Waals surface area contributed by atoms with Crippen molar-refractivity contribution in [2.24, 2.45) is 5.73 Å². The van der Waals surface area contributed by atoms with E-state index in [-0.39, 0.29) is 6.04 Å². The Labute approximate surface area is 126 Å². The molecule has 0 aliphatic carbocycles. The first-order valence-corrected chi connectivity index (χ1v) is 8.14. The van der Waals surface area contributed by atoms with Gasteiger partial charge in [-0.2, -0.15) is 0 Å². The number of nitrogens with zero attached hydrogens (tertiary/aromatic N) is 2. The molecule has 102 valence electrons. The molecule has 0 amide bonds. The Morgan fingerprint density at radius 3 is 2.55 bits per heavy atom. The highest BCUT2D eigenvalue weighted by Gasteiger charge is 2.16. The summed E-state index contributed by atoms with van der Waals surface area (Å²) >= 11 is 3.35. The molecule has 3 nitrogen and oxygen atoms in total. The van der Waals surface area contributed by atoms with E-state index in [1.807, 2.05) is 30.3 Å². The average molecular weight is 301 g/mol. The molecule has 1 aromatic carbocycles. The smallest absolute Gasteiger partial charge is 0.157 e. The van der Waals surface area contributed by atoms with E-state index in [4.69, 9.17) is 5.73 Å². The van der Waals surface area contributed by atoms with Crippen molar-refractivity contribution < 1.29 is 0 Å². The second-order valence-corrected chi connectivity index (χ2v) is 6.63. The number of nitrogens with two attached hydrogens (primary N) is 1. The van der Waals surface area contributed by atoms with E-state index in [2.05, 4.69) is 29.3 Å². The van der Waals surface area contributed by atoms with Crippen molar-refractivity contribution in [1.82, 2.24) is 10.2 Å². The lowest BCUT2D eigenvalue weighted by Gasteiger charge is -2.06. The zero-order valence-corrected chi connectivity index (χ0v) is 12.7. The van der Waals surface area contributed by atoms with Gasteiger partial charge in [-0.25, -0.2) is 0 Å². The second-order valence-electron chi connectivity index (χ2n) is 4.45. The van der Waals surface area contributed by atoms with Crippen molar-refractivity contribution in [3.8, 4) is 9.88 Å². The lowest BCUT2D eigenvalue weighted by atomic mass is 10.1. The van der Waals surface area contributed by atoms with Gasteiger partial charge in [0.15, 0.2) is 5.01 Å². The van der Waals surface area contributed by atoms with Crippen LogP contribution in [0.4, 0.5) is 0 Å². The molecular weight excluding hydrogens is 286 g/mol. The maximum absolute atomic E-state index is 6.25. The fourth-order valence-corrected chi connectivity index (χ4v) is 3.82. The van der Waals surface area contributed by atoms with E-state index < -0.39 is 0 Å². The molecule has 1 atom stereocenters. The van der Waals surface area contributed by atoms with Gasteiger partial charge in [-0.3, -0.25) is 0 Å². The van der Waals surface area contributed by atoms with Crippen molar-refractivity contribution in [2.75, 3.05) is 0 Å². The van der Waals surface area contributed by atoms with Crippen LogP contribution < -0.4 is 5.73 Å². The third-order valence-electron chi connectivity index (χ3n) is 3.09. The van der Waals surface area contributed by atoms with Gasteiger partial charge in [-0.1, -0.05) is 48.6 Å². The molecule has 2 heterocycles. The molecule has 0 saturated heterocycles. The van der Waals surface area contributed by atoms with Crippen LogP contribution in [0.2, 0.25) is 0 Å². The molecular formula is C15H15N3S2. The zero-order chi connectivity index (χ0) is 13.9. The number of hydrogen-bond donors (Lipinski definition) is 1. The number of thiophene rings is 1. The molecule has 0 saturated carbocycles. The van der Waals surface area contributed by atoms with Gasteiger partial charge in [0.25, 0.3) is 0 Å². The third-order valence-corrected chi connectivity index (χ3v) is 5.49. The van der Waals surface area contributed by atoms with Crippen LogP contribution in [0.5, 0.6) is 0 Å². The van der Waals surface area contributed by atoms with Crippen LogP contribution in [0, 0.1) is 0 Å². The first-order chi connectivity index (χ1) is 9.78. The highest BCUT2D eigenvalue weighted by atomic mass is 32.1. The zero-order valence-electron chi connectivity index (χ0n) is 11.1. The minimum atomic E-state index is -0.201. The molecule has 0 spiro atoms. The summed E-state index contributed by atoms with van der Waals surface area (Å²) in [6.45, 7) is 2.16. The number of aromatic nitrogens is 2. The summed E-state index contributed by atoms with van der Waals surface area (Å²) < 4.78 is 0. The van der Waals surface area contributed by atoms with Gasteiger partial charge >= 0.3 is 0 Å². The largest absolute Gasteiger partial charge is 0.318 e. The molecule has 20 heavy (non-hydrogen) atoms. The monoisotopic (exact) mass is 301 g/mol. The minimum Gasteiger partial charge on any atom is -0.318 e. The SMILES string of the molecule is CCc1ccc(-c2nnc(C(N)c3ccccc3)s2)s1. The normalized spacial score (nSPS) is 12.5. The van der Waals surface area contributed by atoms with E-state index in [1.165, 1.54) is 9.75 Å². The van der Waals surface area contributed by atoms with Crippen molar-refractivity contribution in [2.45, 2.75) is 19.4 Å². The van der Waals surface area contributed by atoms with E-state index in [0.717, 1.165) is 22.0 Å². The number of aryl methyl sites for hydroxylation is 1. The quantitative estimate of drug-likeness (QED) is 0.795. The Kier molecular flexibility index (Phi) is 3.91. The van der Waals surface area contributed by atoms with E-state index >= 15 is 0 Å². The number of rotatable bonds is 4. The Balaban J connectivity index is 1.86. The predicted octanol–water partition coefficient (Wildman–Crippen LogP) is 3.88. The molecule has 3 aromatic rings. The standard InChI is InChI=1S/C15H15N3S2/c1-2-11-8-9-12(19-11)14-17-18-15(20-14)13(16)10-6-4-3-5-7-10/h3-9,13H,2,16H2,1H3. The van der Waals surface area contributed by atoms with Crippen LogP contribution >= 0.6 is 22.7 Å². The van der Waals surface area contributed by atoms with Gasteiger partial charge in [-0.15, -0.1) is 21.5 Å². The maximum Gasteiger partial charge on any atom is 0.157 e. The second kappa shape index (κ2) is 5.83. The fourth-order valence-electron chi connectivity index (χ4n) is 1.95. The average Bonchev–Trinajstić information content (AvgIpc) is 3.16. The Bertz CT molecular complexity index is 688. The van der Waals surface area contributed by atoms with Crippen LogP contribution in [0.15, 0.2) is 42.5 Å². The third kappa shape index (κ3) is 2.65. The molecule has 2 aromatic heterocycles. The van der Waals surface area contributed by atoms with Crippen molar-refractivity contribution in [3.63, 3.8) is 0 Å². The molecule has 0 bridgehead atoms. The van der Waals surface area contributed by atoms with Crippen LogP contribution in [0.25, 0.3) is 9.88 Å². The molecule has 5 heteroatoms. The van der Waals surface area contributed by atoms with Crippen LogP contribution in [-0.2, 0) is 6.42 Å². The molecule has 0 radical (unpaired) electrons. The van der Waals surface area contributed by atoms with E-state index in [0.29, 0.717) is 0 Å². The summed E-state index contributed by atoms with van der Waals surface area (Å²) in [5.74, 6) is 0. The van der Waals surface area contributed by atoms with Crippen molar-refractivity contribution >= 4 is 22.7 Å². The van der Waals surface area contributed by atoms with Gasteiger partial charge in [0.2, 0.25) is 0 Å². The lowest BCUT2D eigenvalue weighted by Crippen LogP contribution is -2.11. The summed E-state index contributed by atoms with van der Waals surface area (Å²) in [5.41, 5.74) is 7.32. The highest BCUT2D eigenvalue weighted by Crippen LogP contribution is 2.33. The van der Waals surface area contributed by atoms with Gasteiger partial charge in [-0.05, 0) is 24.1 Å². The van der Waals surface area contributed by atoms with Crippen LogP contribution in [0.3, 0.4) is 0 Å². The first-order valence-electron chi connectivity index (χ1n) is 6.51. The fraction of sp³-hybridized carbons (Fsp3) is 0.200. The summed E-state index contributed by atoms with van der Waals surface area (Å²) in [7, 11) is 0. The van der Waals surface area contributed by atoms with Crippen LogP contribution in [0.1, 0.15) is 28.4 Å². The first kappa shape index (κ1) is 13.4. The van der Waals surface area contributed by atoms with Gasteiger partial charge < -0.3 is 5.73 Å².